The number of ether oxygens (including phenoxy) is 1. The zero-order valence-electron chi connectivity index (χ0n) is 5.23. The highest BCUT2D eigenvalue weighted by atomic mass is 32.2. The van der Waals surface area contributed by atoms with E-state index in [9.17, 15) is 4.79 Å². The quantitative estimate of drug-likeness (QED) is 0.509. The number of carboxylic acid groups (broad SMARTS) is 1. The summed E-state index contributed by atoms with van der Waals surface area (Å²) in [5, 5.41) is 9.47. The molecule has 56 valence electrons. The Kier molecular flexibility index (Phi) is 4.96. The maximum Gasteiger partial charge on any atom is 0.328 e. The summed E-state index contributed by atoms with van der Waals surface area (Å²) >= 11 is 5.66. The Labute approximate surface area is 68.1 Å². The van der Waals surface area contributed by atoms with Crippen LogP contribution in [0.1, 0.15) is 0 Å². The predicted octanol–water partition coefficient (Wildman–Crippen LogP) is 1.25. The van der Waals surface area contributed by atoms with E-state index in [1.807, 2.05) is 0 Å². The Morgan fingerprint density at radius 2 is 2.40 bits per heavy atom. The molecule has 0 aromatic rings. The molecular formula is C5H6O3S2. The van der Waals surface area contributed by atoms with E-state index >= 15 is 0 Å². The molecule has 0 radical (unpaired) electrons. The summed E-state index contributed by atoms with van der Waals surface area (Å²) in [4.78, 5) is 9.88. The van der Waals surface area contributed by atoms with E-state index in [2.05, 4.69) is 17.0 Å². The number of carbonyl (C=O) groups is 1. The molecule has 0 heterocycles. The molecule has 0 fully saturated rings. The summed E-state index contributed by atoms with van der Waals surface area (Å²) in [5.41, 5.74) is 0. The molecule has 0 amide bonds. The van der Waals surface area contributed by atoms with E-state index < -0.39 is 5.97 Å². The van der Waals surface area contributed by atoms with Crippen molar-refractivity contribution < 1.29 is 14.6 Å². The number of aliphatic carboxylic acids is 1. The molecular weight excluding hydrogens is 172 g/mol. The zero-order chi connectivity index (χ0) is 7.98. The van der Waals surface area contributed by atoms with Crippen LogP contribution in [0.4, 0.5) is 0 Å². The summed E-state index contributed by atoms with van der Waals surface area (Å²) in [6.45, 7) is 0. The van der Waals surface area contributed by atoms with Crippen LogP contribution in [0.2, 0.25) is 0 Å². The van der Waals surface area contributed by atoms with Gasteiger partial charge in [0.1, 0.15) is 0 Å². The number of thiocarbonyl (C=S) groups is 1. The standard InChI is InChI=1S/C5H6O3S2/c1-8-5(9)10-3-2-4(6)7/h2-3H,1H3,(H,6,7)/b3-2+. The normalized spacial score (nSPS) is 9.70. The minimum Gasteiger partial charge on any atom is -0.482 e. The average molecular weight is 178 g/mol. The van der Waals surface area contributed by atoms with Crippen molar-refractivity contribution in [2.45, 2.75) is 0 Å². The Morgan fingerprint density at radius 3 is 2.80 bits per heavy atom. The molecule has 0 aliphatic heterocycles. The summed E-state index contributed by atoms with van der Waals surface area (Å²) < 4.78 is 4.89. The molecule has 5 heteroatoms. The van der Waals surface area contributed by atoms with Gasteiger partial charge in [0.15, 0.2) is 0 Å². The van der Waals surface area contributed by atoms with Crippen molar-refractivity contribution >= 4 is 34.3 Å². The van der Waals surface area contributed by atoms with Crippen LogP contribution in [0, 0.1) is 0 Å². The molecule has 0 unspecified atom stereocenters. The van der Waals surface area contributed by atoms with Gasteiger partial charge < -0.3 is 9.84 Å². The molecule has 1 N–H and O–H groups in total. The van der Waals surface area contributed by atoms with Crippen LogP contribution in [-0.2, 0) is 9.53 Å². The second kappa shape index (κ2) is 5.25. The van der Waals surface area contributed by atoms with Gasteiger partial charge in [0.25, 0.3) is 0 Å². The van der Waals surface area contributed by atoms with Crippen molar-refractivity contribution in [3.05, 3.63) is 11.5 Å². The Hall–Kier alpha value is -0.550. The molecule has 0 saturated carbocycles. The van der Waals surface area contributed by atoms with E-state index in [1.54, 1.807) is 0 Å². The van der Waals surface area contributed by atoms with Gasteiger partial charge >= 0.3 is 5.97 Å². The average Bonchev–Trinajstić information content (AvgIpc) is 1.87. The highest BCUT2D eigenvalue weighted by Gasteiger charge is 1.90. The van der Waals surface area contributed by atoms with Gasteiger partial charge in [-0.1, -0.05) is 0 Å². The lowest BCUT2D eigenvalue weighted by Crippen LogP contribution is -1.88. The highest BCUT2D eigenvalue weighted by Crippen LogP contribution is 2.05. The van der Waals surface area contributed by atoms with Crippen molar-refractivity contribution in [3.63, 3.8) is 0 Å². The number of carboxylic acids is 1. The zero-order valence-corrected chi connectivity index (χ0v) is 6.87. The minimum absolute atomic E-state index is 0.303. The number of rotatable bonds is 2. The van der Waals surface area contributed by atoms with Gasteiger partial charge in [0.2, 0.25) is 4.38 Å². The molecule has 0 spiro atoms. The van der Waals surface area contributed by atoms with Crippen LogP contribution in [0.5, 0.6) is 0 Å². The molecule has 0 atom stereocenters. The molecule has 0 aromatic heterocycles. The largest absolute Gasteiger partial charge is 0.482 e. The lowest BCUT2D eigenvalue weighted by atomic mass is 10.7. The first kappa shape index (κ1) is 9.45. The first-order valence-corrected chi connectivity index (χ1v) is 3.59. The van der Waals surface area contributed by atoms with Gasteiger partial charge in [-0.3, -0.25) is 0 Å². The second-order valence-electron chi connectivity index (χ2n) is 1.21. The Bertz CT molecular complexity index is 164. The lowest BCUT2D eigenvalue weighted by Gasteiger charge is -1.93. The van der Waals surface area contributed by atoms with Gasteiger partial charge in [-0.05, 0) is 29.4 Å². The summed E-state index contributed by atoms with van der Waals surface area (Å²) in [7, 11) is 1.43. The predicted molar refractivity (Wildman–Crippen MR) is 44.0 cm³/mol. The van der Waals surface area contributed by atoms with E-state index in [4.69, 9.17) is 5.11 Å². The van der Waals surface area contributed by atoms with Crippen LogP contribution in [0.15, 0.2) is 11.5 Å². The molecule has 3 nitrogen and oxygen atoms in total. The molecule has 0 aromatic carbocycles. The van der Waals surface area contributed by atoms with Gasteiger partial charge in [0, 0.05) is 6.08 Å². The maximum atomic E-state index is 9.88. The molecule has 10 heavy (non-hydrogen) atoms. The maximum absolute atomic E-state index is 9.88. The third kappa shape index (κ3) is 5.58. The van der Waals surface area contributed by atoms with Crippen molar-refractivity contribution in [2.24, 2.45) is 0 Å². The Balaban J connectivity index is 3.53. The van der Waals surface area contributed by atoms with Crippen LogP contribution >= 0.6 is 24.0 Å². The minimum atomic E-state index is -0.994. The summed E-state index contributed by atoms with van der Waals surface area (Å²) in [6, 6.07) is 0. The molecule has 0 saturated heterocycles. The monoisotopic (exact) mass is 178 g/mol. The van der Waals surface area contributed by atoms with Gasteiger partial charge in [-0.25, -0.2) is 4.79 Å². The third-order valence-corrected chi connectivity index (χ3v) is 1.63. The van der Waals surface area contributed by atoms with Gasteiger partial charge in [-0.2, -0.15) is 0 Å². The van der Waals surface area contributed by atoms with E-state index in [0.717, 1.165) is 17.8 Å². The number of thioether (sulfide) groups is 1. The van der Waals surface area contributed by atoms with Crippen molar-refractivity contribution in [1.82, 2.24) is 0 Å². The summed E-state index contributed by atoms with van der Waals surface area (Å²) in [6.07, 6.45) is 0.996. The third-order valence-electron chi connectivity index (χ3n) is 0.542. The number of methoxy groups -OCH3 is 1. The van der Waals surface area contributed by atoms with E-state index in [0.29, 0.717) is 4.38 Å². The SMILES string of the molecule is COC(=S)S/C=C/C(=O)O. The van der Waals surface area contributed by atoms with Crippen molar-refractivity contribution in [2.75, 3.05) is 7.11 Å². The molecule has 0 bridgehead atoms. The van der Waals surface area contributed by atoms with Crippen LogP contribution in [0.25, 0.3) is 0 Å². The van der Waals surface area contributed by atoms with Gasteiger partial charge in [0.05, 0.1) is 7.11 Å². The van der Waals surface area contributed by atoms with E-state index in [-0.39, 0.29) is 0 Å². The van der Waals surface area contributed by atoms with Crippen LogP contribution in [0.3, 0.4) is 0 Å². The fourth-order valence-electron chi connectivity index (χ4n) is 0.196. The number of hydrogen-bond donors (Lipinski definition) is 1. The van der Waals surface area contributed by atoms with Crippen molar-refractivity contribution in [3.8, 4) is 0 Å². The smallest absolute Gasteiger partial charge is 0.328 e. The van der Waals surface area contributed by atoms with Gasteiger partial charge in [-0.15, -0.1) is 0 Å². The first-order chi connectivity index (χ1) is 4.66. The summed E-state index contributed by atoms with van der Waals surface area (Å²) in [5.74, 6) is -0.994. The Morgan fingerprint density at radius 1 is 1.80 bits per heavy atom. The lowest BCUT2D eigenvalue weighted by molar-refractivity contribution is -0.131. The van der Waals surface area contributed by atoms with Crippen LogP contribution in [-0.4, -0.2) is 22.6 Å². The highest BCUT2D eigenvalue weighted by molar-refractivity contribution is 8.24. The molecule has 0 rings (SSSR count). The first-order valence-electron chi connectivity index (χ1n) is 2.31. The van der Waals surface area contributed by atoms with Crippen molar-refractivity contribution in [1.29, 1.82) is 0 Å². The number of hydrogen-bond acceptors (Lipinski definition) is 4. The second-order valence-corrected chi connectivity index (χ2v) is 2.72. The molecule has 0 aliphatic carbocycles. The fourth-order valence-corrected chi connectivity index (χ4v) is 0.754. The topological polar surface area (TPSA) is 46.5 Å². The molecule has 0 aliphatic rings. The fraction of sp³-hybridized carbons (Fsp3) is 0.200. The van der Waals surface area contributed by atoms with Crippen LogP contribution < -0.4 is 0 Å². The van der Waals surface area contributed by atoms with E-state index in [1.165, 1.54) is 12.5 Å².